The molecule has 3 fully saturated rings. The summed E-state index contributed by atoms with van der Waals surface area (Å²) in [6.45, 7) is 2.10. The molecule has 12 heteroatoms. The van der Waals surface area contributed by atoms with Gasteiger partial charge in [-0.2, -0.15) is 0 Å². The van der Waals surface area contributed by atoms with Crippen LogP contribution in [-0.4, -0.2) is 92.4 Å². The number of aromatic nitrogens is 1. The molecule has 1 aromatic heterocycles. The van der Waals surface area contributed by atoms with E-state index in [0.29, 0.717) is 49.1 Å². The molecule has 0 saturated carbocycles. The fraction of sp³-hybridized carbons (Fsp3) is 0.424. The van der Waals surface area contributed by atoms with Gasteiger partial charge in [0.1, 0.15) is 23.7 Å². The van der Waals surface area contributed by atoms with Gasteiger partial charge in [-0.25, -0.2) is 8.78 Å². The summed E-state index contributed by atoms with van der Waals surface area (Å²) >= 11 is 0. The number of carbonyl (C=O) groups excluding carboxylic acids is 3. The van der Waals surface area contributed by atoms with Crippen molar-refractivity contribution in [2.24, 2.45) is 5.92 Å². The number of piperazine rings is 1. The molecule has 3 amide bonds. The number of carbonyl (C=O) groups is 3. The van der Waals surface area contributed by atoms with Gasteiger partial charge in [-0.3, -0.25) is 28.9 Å². The number of rotatable bonds is 4. The number of aromatic amines is 1. The van der Waals surface area contributed by atoms with E-state index in [1.807, 2.05) is 18.1 Å². The maximum Gasteiger partial charge on any atom is 0.280 e. The number of amides is 3. The zero-order chi connectivity index (χ0) is 31.4. The molecule has 8 rings (SSSR count). The number of nitrogens with zero attached hydrogens (tertiary/aromatic N) is 3. The van der Waals surface area contributed by atoms with E-state index in [9.17, 15) is 23.9 Å². The van der Waals surface area contributed by atoms with Gasteiger partial charge >= 0.3 is 0 Å². The first-order valence-electron chi connectivity index (χ1n) is 15.3. The van der Waals surface area contributed by atoms with Gasteiger partial charge in [-0.05, 0) is 74.2 Å². The molecule has 45 heavy (non-hydrogen) atoms. The molecule has 6 atom stereocenters. The highest BCUT2D eigenvalue weighted by Crippen LogP contribution is 2.46. The molecule has 0 radical (unpaired) electrons. The molecule has 5 aliphatic rings. The number of halogens is 2. The topological polar surface area (TPSA) is 118 Å². The van der Waals surface area contributed by atoms with Crippen molar-refractivity contribution >= 4 is 34.2 Å². The van der Waals surface area contributed by atoms with Crippen molar-refractivity contribution in [2.75, 3.05) is 20.1 Å². The van der Waals surface area contributed by atoms with Crippen molar-refractivity contribution in [3.63, 3.8) is 0 Å². The Morgan fingerprint density at radius 2 is 1.96 bits per heavy atom. The fourth-order valence-electron chi connectivity index (χ4n) is 8.16. The van der Waals surface area contributed by atoms with Crippen molar-refractivity contribution in [3.05, 3.63) is 77.0 Å². The molecular formula is C33H33F2N5O5. The molecule has 3 N–H and O–H groups in total. The largest absolute Gasteiger partial charge is 0.361 e. The summed E-state index contributed by atoms with van der Waals surface area (Å²) in [4.78, 5) is 49.6. The normalized spacial score (nSPS) is 32.4. The second-order valence-electron chi connectivity index (χ2n) is 13.0. The zero-order valence-corrected chi connectivity index (χ0v) is 24.8. The molecule has 6 unspecified atom stereocenters. The number of benzene rings is 2. The number of hydrogen-bond acceptors (Lipinski definition) is 6. The molecule has 5 heterocycles. The summed E-state index contributed by atoms with van der Waals surface area (Å²) in [6.07, 6.45) is 5.40. The predicted molar refractivity (Wildman–Crippen MR) is 158 cm³/mol. The SMILES string of the molecule is CN1CC(C(=O)NC2(C)OC3(O)C4CCCN4C(=O)C(Cc4ccc(F)cc4)N3C2=O)C=C2c3c(F)ccc4[nH]cc(c34)CC21. The summed E-state index contributed by atoms with van der Waals surface area (Å²) in [6, 6.07) is 6.69. The van der Waals surface area contributed by atoms with E-state index in [0.717, 1.165) is 21.4 Å². The van der Waals surface area contributed by atoms with E-state index >= 15 is 4.39 Å². The van der Waals surface area contributed by atoms with Crippen LogP contribution in [0.1, 0.15) is 36.5 Å². The van der Waals surface area contributed by atoms with Gasteiger partial charge in [-0.1, -0.05) is 18.2 Å². The molecule has 1 aliphatic carbocycles. The number of likely N-dealkylation sites (N-methyl/N-ethyl adjacent to an activating group) is 1. The van der Waals surface area contributed by atoms with Crippen LogP contribution >= 0.6 is 0 Å². The van der Waals surface area contributed by atoms with E-state index in [4.69, 9.17) is 4.74 Å². The Morgan fingerprint density at radius 3 is 2.73 bits per heavy atom. The highest BCUT2D eigenvalue weighted by Gasteiger charge is 2.70. The minimum atomic E-state index is -2.17. The van der Waals surface area contributed by atoms with Crippen LogP contribution in [0, 0.1) is 17.6 Å². The molecule has 3 saturated heterocycles. The van der Waals surface area contributed by atoms with Crippen molar-refractivity contribution < 1.29 is 33.0 Å². The predicted octanol–water partition coefficient (Wildman–Crippen LogP) is 2.27. The molecule has 234 valence electrons. The van der Waals surface area contributed by atoms with Crippen LogP contribution in [0.2, 0.25) is 0 Å². The maximum atomic E-state index is 15.3. The molecular weight excluding hydrogens is 584 g/mol. The average molecular weight is 618 g/mol. The van der Waals surface area contributed by atoms with Gasteiger partial charge in [-0.15, -0.1) is 0 Å². The molecule has 10 nitrogen and oxygen atoms in total. The lowest BCUT2D eigenvalue weighted by Gasteiger charge is -2.48. The molecule has 3 aromatic rings. The Labute approximate surface area is 257 Å². The Bertz CT molecular complexity index is 1810. The van der Waals surface area contributed by atoms with Crippen LogP contribution in [0.4, 0.5) is 8.78 Å². The van der Waals surface area contributed by atoms with E-state index < -0.39 is 47.3 Å². The Kier molecular flexibility index (Phi) is 6.10. The molecule has 4 aliphatic heterocycles. The lowest BCUT2D eigenvalue weighted by atomic mass is 9.79. The van der Waals surface area contributed by atoms with E-state index in [1.54, 1.807) is 17.0 Å². The van der Waals surface area contributed by atoms with Crippen molar-refractivity contribution in [1.29, 1.82) is 0 Å². The second-order valence-corrected chi connectivity index (χ2v) is 13.0. The third-order valence-electron chi connectivity index (χ3n) is 10.3. The summed E-state index contributed by atoms with van der Waals surface area (Å²) in [5.74, 6) is -5.33. The standard InChI is InChI=1S/C33H33F2N5O5/c1-32(37-29(41)19-13-21-24(38(2)16-19)14-18-15-36-23-10-9-22(35)28(21)27(18)23)31(43)40-25(12-17-5-7-20(34)8-6-17)30(42)39-11-3-4-26(39)33(40,44)45-32/h5-10,13,15,19,24-26,36,44H,3-4,11-12,14,16H2,1-2H3,(H,37,41). The maximum absolute atomic E-state index is 15.3. The quantitative estimate of drug-likeness (QED) is 0.414. The van der Waals surface area contributed by atoms with Crippen LogP contribution in [0.5, 0.6) is 0 Å². The van der Waals surface area contributed by atoms with Gasteiger partial charge in [0.05, 0.1) is 5.92 Å². The number of H-pyrrole nitrogens is 1. The molecule has 0 spiro atoms. The number of fused-ring (bicyclic) bond motifs is 5. The Hall–Kier alpha value is -4.13. The fourth-order valence-corrected chi connectivity index (χ4v) is 8.16. The van der Waals surface area contributed by atoms with E-state index in [2.05, 4.69) is 10.3 Å². The zero-order valence-electron chi connectivity index (χ0n) is 24.8. The average Bonchev–Trinajstić information content (AvgIpc) is 3.71. The van der Waals surface area contributed by atoms with Gasteiger partial charge < -0.3 is 20.3 Å². The van der Waals surface area contributed by atoms with E-state index in [1.165, 1.54) is 37.3 Å². The van der Waals surface area contributed by atoms with Gasteiger partial charge in [0.25, 0.3) is 11.8 Å². The van der Waals surface area contributed by atoms with Crippen LogP contribution in [-0.2, 0) is 32.0 Å². The number of aliphatic hydroxyl groups is 1. The minimum absolute atomic E-state index is 0.0307. The lowest BCUT2D eigenvalue weighted by molar-refractivity contribution is -0.315. The minimum Gasteiger partial charge on any atom is -0.361 e. The smallest absolute Gasteiger partial charge is 0.280 e. The highest BCUT2D eigenvalue weighted by atomic mass is 19.1. The highest BCUT2D eigenvalue weighted by molar-refractivity contribution is 6.01. The Morgan fingerprint density at radius 1 is 1.18 bits per heavy atom. The summed E-state index contributed by atoms with van der Waals surface area (Å²) in [5.41, 5.74) is 1.65. The van der Waals surface area contributed by atoms with Gasteiger partial charge in [0.15, 0.2) is 0 Å². The monoisotopic (exact) mass is 617 g/mol. The van der Waals surface area contributed by atoms with E-state index in [-0.39, 0.29) is 24.2 Å². The Balaban J connectivity index is 1.12. The number of nitrogens with one attached hydrogen (secondary N) is 2. The molecule has 0 bridgehead atoms. The first kappa shape index (κ1) is 28.4. The van der Waals surface area contributed by atoms with Crippen LogP contribution in [0.3, 0.4) is 0 Å². The van der Waals surface area contributed by atoms with Crippen LogP contribution in [0.15, 0.2) is 48.7 Å². The summed E-state index contributed by atoms with van der Waals surface area (Å²) < 4.78 is 35.1. The second kappa shape index (κ2) is 9.68. The third-order valence-corrected chi connectivity index (χ3v) is 10.3. The first-order valence-corrected chi connectivity index (χ1v) is 15.3. The third kappa shape index (κ3) is 4.05. The summed E-state index contributed by atoms with van der Waals surface area (Å²) in [7, 11) is 1.88. The van der Waals surface area contributed by atoms with Crippen molar-refractivity contribution in [3.8, 4) is 0 Å². The van der Waals surface area contributed by atoms with Crippen molar-refractivity contribution in [1.82, 2.24) is 25.0 Å². The molecule has 2 aromatic carbocycles. The summed E-state index contributed by atoms with van der Waals surface area (Å²) in [5, 5.41) is 15.6. The van der Waals surface area contributed by atoms with Gasteiger partial charge in [0, 0.05) is 48.2 Å². The van der Waals surface area contributed by atoms with Gasteiger partial charge in [0.2, 0.25) is 17.5 Å². The van der Waals surface area contributed by atoms with Crippen LogP contribution in [0.25, 0.3) is 16.5 Å². The van der Waals surface area contributed by atoms with Crippen molar-refractivity contribution in [2.45, 2.75) is 62.4 Å². The lowest BCUT2D eigenvalue weighted by Crippen LogP contribution is -2.71. The number of hydrogen-bond donors (Lipinski definition) is 3. The number of ether oxygens (including phenoxy) is 1. The first-order chi connectivity index (χ1) is 21.5. The van der Waals surface area contributed by atoms with Crippen LogP contribution < -0.4 is 5.32 Å².